The van der Waals surface area contributed by atoms with Crippen LogP contribution in [0.15, 0.2) is 0 Å². The highest BCUT2D eigenvalue weighted by Gasteiger charge is 2.21. The fourth-order valence-corrected chi connectivity index (χ4v) is 2.68. The van der Waals surface area contributed by atoms with Gasteiger partial charge in [-0.2, -0.15) is 0 Å². The molecule has 0 amide bonds. The molecule has 0 aromatic heterocycles. The average molecular weight is 226 g/mol. The Kier molecular flexibility index (Phi) is 7.06. The van der Waals surface area contributed by atoms with Gasteiger partial charge in [0.25, 0.3) is 0 Å². The summed E-state index contributed by atoms with van der Waals surface area (Å²) in [6.07, 6.45) is 9.59. The lowest BCUT2D eigenvalue weighted by molar-refractivity contribution is 0.136. The Balaban J connectivity index is 2.10. The minimum absolute atomic E-state index is 0.788. The predicted octanol–water partition coefficient (Wildman–Crippen LogP) is 3.02. The van der Waals surface area contributed by atoms with Gasteiger partial charge in [-0.1, -0.05) is 32.6 Å². The van der Waals surface area contributed by atoms with Gasteiger partial charge in [0.15, 0.2) is 0 Å². The zero-order chi connectivity index (χ0) is 11.8. The van der Waals surface area contributed by atoms with E-state index >= 15 is 0 Å². The maximum Gasteiger partial charge on any atom is 0.00669 e. The second kappa shape index (κ2) is 8.08. The van der Waals surface area contributed by atoms with Crippen LogP contribution in [0.4, 0.5) is 0 Å². The second-order valence-corrected chi connectivity index (χ2v) is 5.41. The molecule has 1 heterocycles. The van der Waals surface area contributed by atoms with Gasteiger partial charge in [0.2, 0.25) is 0 Å². The van der Waals surface area contributed by atoms with Crippen molar-refractivity contribution in [3.63, 3.8) is 0 Å². The topological polar surface area (TPSA) is 29.3 Å². The SMILES string of the molecule is CCCCCCC(C)N1CCC(CN)CC1. The summed E-state index contributed by atoms with van der Waals surface area (Å²) in [7, 11) is 0. The van der Waals surface area contributed by atoms with E-state index in [1.807, 2.05) is 0 Å². The molecule has 96 valence electrons. The third-order valence-corrected chi connectivity index (χ3v) is 4.08. The number of likely N-dealkylation sites (tertiary alicyclic amines) is 1. The van der Waals surface area contributed by atoms with Crippen LogP contribution >= 0.6 is 0 Å². The molecule has 1 aliphatic rings. The van der Waals surface area contributed by atoms with Gasteiger partial charge in [0.1, 0.15) is 0 Å². The van der Waals surface area contributed by atoms with Crippen LogP contribution in [0, 0.1) is 5.92 Å². The Morgan fingerprint density at radius 3 is 2.44 bits per heavy atom. The Morgan fingerprint density at radius 1 is 1.19 bits per heavy atom. The van der Waals surface area contributed by atoms with E-state index in [0.29, 0.717) is 0 Å². The number of unbranched alkanes of at least 4 members (excludes halogenated alkanes) is 3. The molecule has 0 saturated carbocycles. The third-order valence-electron chi connectivity index (χ3n) is 4.08. The van der Waals surface area contributed by atoms with Crippen molar-refractivity contribution in [2.75, 3.05) is 19.6 Å². The number of hydrogen-bond acceptors (Lipinski definition) is 2. The lowest BCUT2D eigenvalue weighted by atomic mass is 9.95. The first-order valence-electron chi connectivity index (χ1n) is 7.22. The van der Waals surface area contributed by atoms with E-state index in [2.05, 4.69) is 18.7 Å². The van der Waals surface area contributed by atoms with Gasteiger partial charge in [-0.15, -0.1) is 0 Å². The molecular weight excluding hydrogens is 196 g/mol. The molecule has 0 aromatic carbocycles. The highest BCUT2D eigenvalue weighted by molar-refractivity contribution is 4.76. The summed E-state index contributed by atoms with van der Waals surface area (Å²) in [5, 5.41) is 0. The predicted molar refractivity (Wildman–Crippen MR) is 71.6 cm³/mol. The molecule has 1 rings (SSSR count). The van der Waals surface area contributed by atoms with Crippen molar-refractivity contribution in [1.29, 1.82) is 0 Å². The van der Waals surface area contributed by atoms with E-state index in [1.165, 1.54) is 58.0 Å². The number of rotatable bonds is 7. The van der Waals surface area contributed by atoms with Gasteiger partial charge in [0.05, 0.1) is 0 Å². The fraction of sp³-hybridized carbons (Fsp3) is 1.00. The first-order chi connectivity index (χ1) is 7.77. The number of hydrogen-bond donors (Lipinski definition) is 1. The zero-order valence-corrected chi connectivity index (χ0v) is 11.3. The van der Waals surface area contributed by atoms with Crippen LogP contribution in [0.5, 0.6) is 0 Å². The molecule has 2 N–H and O–H groups in total. The molecule has 2 heteroatoms. The van der Waals surface area contributed by atoms with Crippen molar-refractivity contribution in [1.82, 2.24) is 4.90 Å². The lowest BCUT2D eigenvalue weighted by Gasteiger charge is -2.35. The average Bonchev–Trinajstić information content (AvgIpc) is 2.34. The van der Waals surface area contributed by atoms with Crippen molar-refractivity contribution >= 4 is 0 Å². The molecule has 0 radical (unpaired) electrons. The van der Waals surface area contributed by atoms with Crippen molar-refractivity contribution in [2.24, 2.45) is 11.7 Å². The van der Waals surface area contributed by atoms with E-state index in [4.69, 9.17) is 5.73 Å². The Labute approximate surface area is 102 Å². The number of piperidine rings is 1. The standard InChI is InChI=1S/C14H30N2/c1-3-4-5-6-7-13(2)16-10-8-14(12-15)9-11-16/h13-14H,3-12,15H2,1-2H3. The van der Waals surface area contributed by atoms with Crippen LogP contribution in [0.1, 0.15) is 58.8 Å². The maximum atomic E-state index is 5.72. The van der Waals surface area contributed by atoms with Crippen LogP contribution in [0.25, 0.3) is 0 Å². The highest BCUT2D eigenvalue weighted by atomic mass is 15.2. The normalized spacial score (nSPS) is 21.2. The first-order valence-corrected chi connectivity index (χ1v) is 7.22. The molecule has 0 spiro atoms. The molecule has 1 unspecified atom stereocenters. The minimum Gasteiger partial charge on any atom is -0.330 e. The Morgan fingerprint density at radius 2 is 1.88 bits per heavy atom. The monoisotopic (exact) mass is 226 g/mol. The summed E-state index contributed by atoms with van der Waals surface area (Å²) < 4.78 is 0. The van der Waals surface area contributed by atoms with E-state index in [1.54, 1.807) is 0 Å². The van der Waals surface area contributed by atoms with Gasteiger partial charge in [-0.05, 0) is 51.7 Å². The minimum atomic E-state index is 0.788. The largest absolute Gasteiger partial charge is 0.330 e. The molecule has 0 aliphatic carbocycles. The maximum absolute atomic E-state index is 5.72. The van der Waals surface area contributed by atoms with E-state index < -0.39 is 0 Å². The summed E-state index contributed by atoms with van der Waals surface area (Å²) in [6.45, 7) is 8.11. The third kappa shape index (κ3) is 4.84. The molecule has 2 nitrogen and oxygen atoms in total. The molecule has 1 fully saturated rings. The van der Waals surface area contributed by atoms with Gasteiger partial charge in [-0.25, -0.2) is 0 Å². The summed E-state index contributed by atoms with van der Waals surface area (Å²) >= 11 is 0. The van der Waals surface area contributed by atoms with Crippen molar-refractivity contribution in [3.8, 4) is 0 Å². The quantitative estimate of drug-likeness (QED) is 0.676. The fourth-order valence-electron chi connectivity index (χ4n) is 2.68. The van der Waals surface area contributed by atoms with Crippen LogP contribution < -0.4 is 5.73 Å². The van der Waals surface area contributed by atoms with Gasteiger partial charge in [0, 0.05) is 6.04 Å². The van der Waals surface area contributed by atoms with Gasteiger partial charge < -0.3 is 10.6 Å². The molecule has 1 atom stereocenters. The summed E-state index contributed by atoms with van der Waals surface area (Å²) in [5.41, 5.74) is 5.72. The van der Waals surface area contributed by atoms with Crippen LogP contribution in [-0.4, -0.2) is 30.6 Å². The van der Waals surface area contributed by atoms with E-state index in [9.17, 15) is 0 Å². The van der Waals surface area contributed by atoms with Crippen molar-refractivity contribution in [3.05, 3.63) is 0 Å². The first kappa shape index (κ1) is 14.0. The zero-order valence-electron chi connectivity index (χ0n) is 11.3. The summed E-state index contributed by atoms with van der Waals surface area (Å²) in [6, 6.07) is 0.788. The molecule has 0 bridgehead atoms. The van der Waals surface area contributed by atoms with E-state index in [0.717, 1.165) is 18.5 Å². The Hall–Kier alpha value is -0.0800. The van der Waals surface area contributed by atoms with Gasteiger partial charge in [-0.3, -0.25) is 0 Å². The summed E-state index contributed by atoms with van der Waals surface area (Å²) in [5.74, 6) is 0.795. The smallest absolute Gasteiger partial charge is 0.00669 e. The van der Waals surface area contributed by atoms with Gasteiger partial charge >= 0.3 is 0 Å². The lowest BCUT2D eigenvalue weighted by Crippen LogP contribution is -2.41. The second-order valence-electron chi connectivity index (χ2n) is 5.41. The van der Waals surface area contributed by atoms with Crippen LogP contribution in [0.2, 0.25) is 0 Å². The molecule has 1 aliphatic heterocycles. The molecule has 0 aromatic rings. The number of nitrogens with two attached hydrogens (primary N) is 1. The molecule has 16 heavy (non-hydrogen) atoms. The molecular formula is C14H30N2. The summed E-state index contributed by atoms with van der Waals surface area (Å²) in [4.78, 5) is 2.66. The van der Waals surface area contributed by atoms with E-state index in [-0.39, 0.29) is 0 Å². The highest BCUT2D eigenvalue weighted by Crippen LogP contribution is 2.20. The van der Waals surface area contributed by atoms with Crippen molar-refractivity contribution < 1.29 is 0 Å². The molecule has 1 saturated heterocycles. The Bertz CT molecular complexity index is 162. The van der Waals surface area contributed by atoms with Crippen LogP contribution in [-0.2, 0) is 0 Å². The number of nitrogens with zero attached hydrogens (tertiary/aromatic N) is 1. The van der Waals surface area contributed by atoms with Crippen LogP contribution in [0.3, 0.4) is 0 Å². The van der Waals surface area contributed by atoms with Crippen molar-refractivity contribution in [2.45, 2.75) is 64.8 Å².